The summed E-state index contributed by atoms with van der Waals surface area (Å²) in [5, 5.41) is 3.03. The number of para-hydroxylation sites is 1. The summed E-state index contributed by atoms with van der Waals surface area (Å²) >= 11 is 0. The van der Waals surface area contributed by atoms with E-state index in [9.17, 15) is 9.59 Å². The number of methoxy groups -OCH3 is 1. The third-order valence-corrected chi connectivity index (χ3v) is 5.86. The number of ether oxygens (including phenoxy) is 2. The van der Waals surface area contributed by atoms with E-state index in [1.807, 2.05) is 35.2 Å². The van der Waals surface area contributed by atoms with Crippen LogP contribution < -0.4 is 10.1 Å². The first-order valence-corrected chi connectivity index (χ1v) is 10.5. The maximum absolute atomic E-state index is 13.3. The van der Waals surface area contributed by atoms with Crippen molar-refractivity contribution in [2.24, 2.45) is 11.8 Å². The van der Waals surface area contributed by atoms with Gasteiger partial charge in [0.1, 0.15) is 12.4 Å². The van der Waals surface area contributed by atoms with Crippen LogP contribution in [0.4, 0.5) is 0 Å². The lowest BCUT2D eigenvalue weighted by Crippen LogP contribution is -2.47. The van der Waals surface area contributed by atoms with E-state index >= 15 is 0 Å². The van der Waals surface area contributed by atoms with Gasteiger partial charge in [0, 0.05) is 32.8 Å². The molecule has 0 unspecified atom stereocenters. The molecule has 7 nitrogen and oxygen atoms in total. The Bertz CT molecular complexity index is 669. The van der Waals surface area contributed by atoms with Gasteiger partial charge in [0.25, 0.3) is 0 Å². The summed E-state index contributed by atoms with van der Waals surface area (Å²) < 4.78 is 10.9. The first-order valence-electron chi connectivity index (χ1n) is 10.5. The average molecular weight is 404 g/mol. The van der Waals surface area contributed by atoms with Crippen LogP contribution in [0.2, 0.25) is 0 Å². The monoisotopic (exact) mass is 403 g/mol. The van der Waals surface area contributed by atoms with E-state index < -0.39 is 0 Å². The molecule has 2 amide bonds. The van der Waals surface area contributed by atoms with Crippen LogP contribution >= 0.6 is 0 Å². The zero-order chi connectivity index (χ0) is 20.6. The largest absolute Gasteiger partial charge is 0.493 e. The number of hydrogen-bond acceptors (Lipinski definition) is 5. The van der Waals surface area contributed by atoms with E-state index in [-0.39, 0.29) is 36.3 Å². The number of likely N-dealkylation sites (N-methyl/N-ethyl adjacent to an activating group) is 1. The van der Waals surface area contributed by atoms with Crippen LogP contribution in [0.5, 0.6) is 5.75 Å². The molecule has 1 N–H and O–H groups in total. The van der Waals surface area contributed by atoms with Crippen LogP contribution in [0, 0.1) is 11.8 Å². The standard InChI is InChI=1S/C22H33N3O4/c1-24-9-6-10-25(12-11-24)22(27)19-13-17(14-20(19)23-21(26)16-28-2)15-29-18-7-4-3-5-8-18/h3-5,7-8,17,19-20H,6,9-16H2,1-2H3,(H,23,26)/t17-,19-,20-/m1/s1. The lowest BCUT2D eigenvalue weighted by Gasteiger charge is -2.27. The molecule has 3 rings (SSSR count). The number of amides is 2. The highest BCUT2D eigenvalue weighted by molar-refractivity contribution is 5.82. The van der Waals surface area contributed by atoms with Crippen molar-refractivity contribution in [3.05, 3.63) is 30.3 Å². The van der Waals surface area contributed by atoms with Gasteiger partial charge in [0.2, 0.25) is 11.8 Å². The molecular formula is C22H33N3O4. The summed E-state index contributed by atoms with van der Waals surface area (Å²) in [5.74, 6) is 0.841. The molecule has 1 aromatic rings. The van der Waals surface area contributed by atoms with Gasteiger partial charge in [-0.15, -0.1) is 0 Å². The quantitative estimate of drug-likeness (QED) is 0.745. The second kappa shape index (κ2) is 10.6. The highest BCUT2D eigenvalue weighted by Gasteiger charge is 2.41. The van der Waals surface area contributed by atoms with Crippen molar-refractivity contribution < 1.29 is 19.1 Å². The first kappa shape index (κ1) is 21.6. The third kappa shape index (κ3) is 6.18. The predicted molar refractivity (Wildman–Crippen MR) is 111 cm³/mol. The van der Waals surface area contributed by atoms with Crippen molar-refractivity contribution in [1.29, 1.82) is 0 Å². The van der Waals surface area contributed by atoms with E-state index in [2.05, 4.69) is 17.3 Å². The fourth-order valence-corrected chi connectivity index (χ4v) is 4.32. The summed E-state index contributed by atoms with van der Waals surface area (Å²) in [7, 11) is 3.59. The molecule has 0 bridgehead atoms. The molecule has 2 aliphatic rings. The van der Waals surface area contributed by atoms with Crippen molar-refractivity contribution >= 4 is 11.8 Å². The molecule has 1 saturated carbocycles. The Labute approximate surface area is 173 Å². The van der Waals surface area contributed by atoms with Gasteiger partial charge >= 0.3 is 0 Å². The fourth-order valence-electron chi connectivity index (χ4n) is 4.32. The second-order valence-electron chi connectivity index (χ2n) is 8.16. The molecule has 0 radical (unpaired) electrons. The maximum Gasteiger partial charge on any atom is 0.246 e. The molecule has 1 aliphatic heterocycles. The van der Waals surface area contributed by atoms with Gasteiger partial charge in [-0.05, 0) is 50.9 Å². The fraction of sp³-hybridized carbons (Fsp3) is 0.636. The summed E-state index contributed by atoms with van der Waals surface area (Å²) in [4.78, 5) is 29.7. The Hall–Kier alpha value is -2.12. The molecular weight excluding hydrogens is 370 g/mol. The number of rotatable bonds is 7. The Kier molecular flexibility index (Phi) is 7.89. The van der Waals surface area contributed by atoms with Gasteiger partial charge in [0.15, 0.2) is 0 Å². The van der Waals surface area contributed by atoms with Gasteiger partial charge in [-0.3, -0.25) is 9.59 Å². The van der Waals surface area contributed by atoms with Crippen LogP contribution in [-0.2, 0) is 14.3 Å². The third-order valence-electron chi connectivity index (χ3n) is 5.86. The maximum atomic E-state index is 13.3. The van der Waals surface area contributed by atoms with Crippen molar-refractivity contribution in [3.63, 3.8) is 0 Å². The molecule has 1 aliphatic carbocycles. The lowest BCUT2D eigenvalue weighted by atomic mass is 10.0. The van der Waals surface area contributed by atoms with E-state index in [1.165, 1.54) is 7.11 Å². The molecule has 7 heteroatoms. The zero-order valence-electron chi connectivity index (χ0n) is 17.5. The minimum absolute atomic E-state index is 0.0110. The van der Waals surface area contributed by atoms with Crippen LogP contribution in [0.3, 0.4) is 0 Å². The number of nitrogens with one attached hydrogen (secondary N) is 1. The van der Waals surface area contributed by atoms with E-state index in [4.69, 9.17) is 9.47 Å². The average Bonchev–Trinajstić information content (AvgIpc) is 2.98. The lowest BCUT2D eigenvalue weighted by molar-refractivity contribution is -0.136. The minimum Gasteiger partial charge on any atom is -0.493 e. The van der Waals surface area contributed by atoms with Crippen LogP contribution in [-0.4, -0.2) is 81.2 Å². The highest BCUT2D eigenvalue weighted by atomic mass is 16.5. The van der Waals surface area contributed by atoms with Crippen molar-refractivity contribution in [3.8, 4) is 5.75 Å². The summed E-state index contributed by atoms with van der Waals surface area (Å²) in [6, 6.07) is 9.54. The second-order valence-corrected chi connectivity index (χ2v) is 8.16. The first-order chi connectivity index (χ1) is 14.1. The Morgan fingerprint density at radius 1 is 1.10 bits per heavy atom. The van der Waals surface area contributed by atoms with Crippen molar-refractivity contribution in [1.82, 2.24) is 15.1 Å². The van der Waals surface area contributed by atoms with E-state index in [1.54, 1.807) is 0 Å². The summed E-state index contributed by atoms with van der Waals surface area (Å²) in [6.07, 6.45) is 2.46. The van der Waals surface area contributed by atoms with Gasteiger partial charge in [-0.25, -0.2) is 0 Å². The molecule has 160 valence electrons. The van der Waals surface area contributed by atoms with Crippen molar-refractivity contribution in [2.45, 2.75) is 25.3 Å². The van der Waals surface area contributed by atoms with E-state index in [0.717, 1.165) is 51.2 Å². The van der Waals surface area contributed by atoms with Gasteiger partial charge in [0.05, 0.1) is 12.5 Å². The van der Waals surface area contributed by atoms with E-state index in [0.29, 0.717) is 6.61 Å². The zero-order valence-corrected chi connectivity index (χ0v) is 17.5. The Balaban J connectivity index is 1.64. The SMILES string of the molecule is COCC(=O)N[C@@H]1C[C@H](COc2ccccc2)C[C@H]1C(=O)N1CCCN(C)CC1. The molecule has 29 heavy (non-hydrogen) atoms. The molecule has 0 aromatic heterocycles. The van der Waals surface area contributed by atoms with Crippen LogP contribution in [0.1, 0.15) is 19.3 Å². The van der Waals surface area contributed by atoms with Gasteiger partial charge in [-0.2, -0.15) is 0 Å². The normalized spacial score (nSPS) is 25.4. The summed E-state index contributed by atoms with van der Waals surface area (Å²) in [5.41, 5.74) is 0. The molecule has 3 atom stereocenters. The number of hydrogen-bond donors (Lipinski definition) is 1. The molecule has 0 spiro atoms. The number of carbonyl (C=O) groups is 2. The topological polar surface area (TPSA) is 71.1 Å². The predicted octanol–water partition coefficient (Wildman–Crippen LogP) is 1.39. The van der Waals surface area contributed by atoms with Crippen LogP contribution in [0.25, 0.3) is 0 Å². The highest BCUT2D eigenvalue weighted by Crippen LogP contribution is 2.33. The van der Waals surface area contributed by atoms with Gasteiger partial charge < -0.3 is 24.6 Å². The van der Waals surface area contributed by atoms with Crippen molar-refractivity contribution in [2.75, 3.05) is 53.6 Å². The molecule has 1 aromatic carbocycles. The molecule has 2 fully saturated rings. The van der Waals surface area contributed by atoms with Crippen LogP contribution in [0.15, 0.2) is 30.3 Å². The number of nitrogens with zero attached hydrogens (tertiary/aromatic N) is 2. The number of benzene rings is 1. The summed E-state index contributed by atoms with van der Waals surface area (Å²) in [6.45, 7) is 3.99. The molecule has 1 saturated heterocycles. The van der Waals surface area contributed by atoms with Gasteiger partial charge in [-0.1, -0.05) is 18.2 Å². The Morgan fingerprint density at radius 2 is 1.90 bits per heavy atom. The minimum atomic E-state index is -0.205. The number of carbonyl (C=O) groups excluding carboxylic acids is 2. The molecule has 1 heterocycles. The smallest absolute Gasteiger partial charge is 0.246 e. The Morgan fingerprint density at radius 3 is 2.66 bits per heavy atom.